The van der Waals surface area contributed by atoms with Crippen molar-refractivity contribution in [3.05, 3.63) is 6.42 Å². The average Bonchev–Trinajstić information content (AvgIpc) is 1.35. The Morgan fingerprint density at radius 1 is 1.71 bits per heavy atom. The number of aliphatic hydroxyl groups is 1. The van der Waals surface area contributed by atoms with Crippen molar-refractivity contribution in [2.75, 3.05) is 0 Å². The molecule has 0 aromatic carbocycles. The van der Waals surface area contributed by atoms with Gasteiger partial charge in [0.2, 0.25) is 0 Å². The fourth-order valence-electron chi connectivity index (χ4n) is 0.341. The molecule has 0 unspecified atom stereocenters. The van der Waals surface area contributed by atoms with Crippen molar-refractivity contribution < 1.29 is 10.6 Å². The van der Waals surface area contributed by atoms with Gasteiger partial charge in [0.15, 0.2) is 0 Å². The first-order valence-electron chi connectivity index (χ1n) is 2.23. The maximum Gasteiger partial charge on any atom is 0.0514 e. The van der Waals surface area contributed by atoms with Crippen LogP contribution in [0.2, 0.25) is 0 Å². The molecule has 2 nitrogen and oxygen atoms in total. The highest BCUT2D eigenvalue weighted by Gasteiger charge is 1.87. The molecule has 0 fully saturated rings. The van der Waals surface area contributed by atoms with Crippen LogP contribution in [0.5, 0.6) is 0 Å². The molecule has 0 amide bonds. The van der Waals surface area contributed by atoms with E-state index in [-0.39, 0.29) is 11.6 Å². The van der Waals surface area contributed by atoms with E-state index in [4.69, 9.17) is 5.11 Å². The van der Waals surface area contributed by atoms with Crippen LogP contribution in [0.3, 0.4) is 0 Å². The predicted molar refractivity (Wildman–Crippen MR) is 28.2 cm³/mol. The number of aliphatic hydroxyl groups excluding tert-OH is 1. The van der Waals surface area contributed by atoms with E-state index in [2.05, 4.69) is 0 Å². The summed E-state index contributed by atoms with van der Waals surface area (Å²) in [7, 11) is 0. The van der Waals surface area contributed by atoms with Gasteiger partial charge < -0.3 is 5.11 Å². The zero-order chi connectivity index (χ0) is 4.99. The molecule has 2 heteroatoms. The lowest BCUT2D eigenvalue weighted by Crippen LogP contribution is -1.96. The van der Waals surface area contributed by atoms with Gasteiger partial charge >= 0.3 is 0 Å². The van der Waals surface area contributed by atoms with Crippen LogP contribution in [-0.4, -0.2) is 16.7 Å². The summed E-state index contributed by atoms with van der Waals surface area (Å²) in [5, 5.41) is 8.52. The lowest BCUT2D eigenvalue weighted by Gasteiger charge is -1.95. The fourth-order valence-corrected chi connectivity index (χ4v) is 0.341. The van der Waals surface area contributed by atoms with Crippen LogP contribution in [0, 0.1) is 6.42 Å². The zero-order valence-electron chi connectivity index (χ0n) is 4.76. The van der Waals surface area contributed by atoms with Gasteiger partial charge in [0, 0.05) is 0 Å². The maximum absolute atomic E-state index is 8.52. The van der Waals surface area contributed by atoms with Crippen LogP contribution in [0.4, 0.5) is 0 Å². The Labute approximate surface area is 44.5 Å². The summed E-state index contributed by atoms with van der Waals surface area (Å²) in [6.45, 7) is 3.72. The third-order valence-electron chi connectivity index (χ3n) is 0.577. The van der Waals surface area contributed by atoms with Gasteiger partial charge in [0.25, 0.3) is 0 Å². The van der Waals surface area contributed by atoms with Crippen LogP contribution in [-0.2, 0) is 0 Å². The van der Waals surface area contributed by atoms with E-state index < -0.39 is 0 Å². The van der Waals surface area contributed by atoms with Gasteiger partial charge in [-0.15, -0.1) is 0 Å². The predicted octanol–water partition coefficient (Wildman–Crippen LogP) is 0.805. The number of hydrogen-bond acceptors (Lipinski definition) is 1. The summed E-state index contributed by atoms with van der Waals surface area (Å²) in [6, 6.07) is 0. The molecule has 7 heavy (non-hydrogen) atoms. The van der Waals surface area contributed by atoms with Crippen LogP contribution in [0.1, 0.15) is 20.3 Å². The Morgan fingerprint density at radius 2 is 2.14 bits per heavy atom. The molecule has 0 aliphatic rings. The second kappa shape index (κ2) is 5.92. The minimum atomic E-state index is -0.157. The summed E-state index contributed by atoms with van der Waals surface area (Å²) in [5.41, 5.74) is 0. The van der Waals surface area contributed by atoms with E-state index >= 15 is 0 Å². The highest BCUT2D eigenvalue weighted by atomic mass is 16.3. The molecule has 0 heterocycles. The van der Waals surface area contributed by atoms with Crippen LogP contribution in [0.25, 0.3) is 0 Å². The van der Waals surface area contributed by atoms with Crippen molar-refractivity contribution in [2.24, 2.45) is 0 Å². The minimum absolute atomic E-state index is 0. The van der Waals surface area contributed by atoms with Crippen LogP contribution >= 0.6 is 0 Å². The summed E-state index contributed by atoms with van der Waals surface area (Å²) in [5.74, 6) is 0. The summed E-state index contributed by atoms with van der Waals surface area (Å²) < 4.78 is 0. The first-order valence-corrected chi connectivity index (χ1v) is 2.23. The monoisotopic (exact) mass is 104 g/mol. The maximum atomic E-state index is 8.52. The second-order valence-corrected chi connectivity index (χ2v) is 1.49. The average molecular weight is 104 g/mol. The van der Waals surface area contributed by atoms with Gasteiger partial charge in [-0.3, -0.25) is 5.48 Å². The molecule has 1 atom stereocenters. The molecule has 0 saturated carbocycles. The second-order valence-electron chi connectivity index (χ2n) is 1.49. The highest BCUT2D eigenvalue weighted by Crippen LogP contribution is 1.89. The Morgan fingerprint density at radius 3 is 2.14 bits per heavy atom. The SMILES string of the molecule is C[CH]C[C@@H](C)O.[OH]. The molecule has 0 saturated heterocycles. The molecular weight excluding hydrogens is 92.1 g/mol. The Kier molecular flexibility index (Phi) is 8.47. The Balaban J connectivity index is 0. The Bertz CT molecular complexity index is 27.3. The fraction of sp³-hybridized carbons (Fsp3) is 0.800. The molecule has 0 aromatic rings. The van der Waals surface area contributed by atoms with Gasteiger partial charge in [-0.2, -0.15) is 0 Å². The Hall–Kier alpha value is -0.0800. The van der Waals surface area contributed by atoms with E-state index in [0.717, 1.165) is 6.42 Å². The van der Waals surface area contributed by atoms with E-state index in [1.807, 2.05) is 13.3 Å². The van der Waals surface area contributed by atoms with Crippen molar-refractivity contribution >= 4 is 0 Å². The van der Waals surface area contributed by atoms with E-state index in [9.17, 15) is 0 Å². The molecule has 0 aliphatic heterocycles. The minimum Gasteiger partial charge on any atom is -0.393 e. The standard InChI is InChI=1S/C5H11O.HO/c1-3-4-5(2)6;/h3,5-6H,4H2,1-2H3;1H/t5-;/m1./s1. The molecule has 0 aliphatic carbocycles. The summed E-state index contributed by atoms with van der Waals surface area (Å²) in [6.07, 6.45) is 2.60. The van der Waals surface area contributed by atoms with Crippen molar-refractivity contribution in [2.45, 2.75) is 26.4 Å². The largest absolute Gasteiger partial charge is 0.393 e. The summed E-state index contributed by atoms with van der Waals surface area (Å²) >= 11 is 0. The first-order chi connectivity index (χ1) is 2.77. The molecule has 2 N–H and O–H groups in total. The molecule has 0 spiro atoms. The molecule has 44 valence electrons. The van der Waals surface area contributed by atoms with E-state index in [0.29, 0.717) is 0 Å². The van der Waals surface area contributed by atoms with Gasteiger partial charge in [0.05, 0.1) is 6.10 Å². The normalized spacial score (nSPS) is 12.4. The highest BCUT2D eigenvalue weighted by molar-refractivity contribution is 4.58. The van der Waals surface area contributed by atoms with Crippen molar-refractivity contribution in [1.82, 2.24) is 0 Å². The lowest BCUT2D eigenvalue weighted by atomic mass is 10.2. The van der Waals surface area contributed by atoms with E-state index in [1.165, 1.54) is 0 Å². The van der Waals surface area contributed by atoms with Crippen LogP contribution in [0.15, 0.2) is 0 Å². The van der Waals surface area contributed by atoms with Gasteiger partial charge in [0.1, 0.15) is 0 Å². The van der Waals surface area contributed by atoms with Crippen LogP contribution < -0.4 is 0 Å². The zero-order valence-corrected chi connectivity index (χ0v) is 4.76. The third-order valence-corrected chi connectivity index (χ3v) is 0.577. The lowest BCUT2D eigenvalue weighted by molar-refractivity contribution is 0.194. The van der Waals surface area contributed by atoms with Gasteiger partial charge in [-0.25, -0.2) is 0 Å². The van der Waals surface area contributed by atoms with E-state index in [1.54, 1.807) is 6.92 Å². The first kappa shape index (κ1) is 10.0. The quantitative estimate of drug-likeness (QED) is 0.535. The molecule has 0 bridgehead atoms. The number of hydrogen-bond donors (Lipinski definition) is 2. The van der Waals surface area contributed by atoms with Gasteiger partial charge in [-0.1, -0.05) is 6.92 Å². The smallest absolute Gasteiger partial charge is 0.0514 e. The number of rotatable bonds is 2. The molecule has 0 aromatic heterocycles. The molecular formula is C5H12O2. The van der Waals surface area contributed by atoms with Crippen molar-refractivity contribution in [3.8, 4) is 0 Å². The van der Waals surface area contributed by atoms with Crippen molar-refractivity contribution in [3.63, 3.8) is 0 Å². The third kappa shape index (κ3) is 10.7. The van der Waals surface area contributed by atoms with Gasteiger partial charge in [-0.05, 0) is 19.8 Å². The topological polar surface area (TPSA) is 50.2 Å². The molecule has 2 radical (unpaired) electrons. The summed E-state index contributed by atoms with van der Waals surface area (Å²) in [4.78, 5) is 0. The molecule has 0 rings (SSSR count). The van der Waals surface area contributed by atoms with Crippen molar-refractivity contribution in [1.29, 1.82) is 0 Å².